The summed E-state index contributed by atoms with van der Waals surface area (Å²) in [4.78, 5) is 13.7. The summed E-state index contributed by atoms with van der Waals surface area (Å²) in [5.74, 6) is 1.61. The van der Waals surface area contributed by atoms with Gasteiger partial charge < -0.3 is 4.42 Å². The highest BCUT2D eigenvalue weighted by molar-refractivity contribution is 7.99. The summed E-state index contributed by atoms with van der Waals surface area (Å²) in [5.41, 5.74) is 0. The lowest BCUT2D eigenvalue weighted by Crippen LogP contribution is -2.25. The predicted molar refractivity (Wildman–Crippen MR) is 85.5 cm³/mol. The van der Waals surface area contributed by atoms with Gasteiger partial charge >= 0.3 is 0 Å². The Morgan fingerprint density at radius 2 is 2.10 bits per heavy atom. The molecule has 0 spiro atoms. The Morgan fingerprint density at radius 1 is 1.40 bits per heavy atom. The lowest BCUT2D eigenvalue weighted by atomic mass is 10.2. The molecule has 0 bridgehead atoms. The summed E-state index contributed by atoms with van der Waals surface area (Å²) in [6.07, 6.45) is 2.88. The number of carbonyl (C=O) groups is 1. The van der Waals surface area contributed by atoms with E-state index in [4.69, 9.17) is 4.42 Å². The number of hydrogen-bond donors (Lipinski definition) is 0. The smallest absolute Gasteiger partial charge is 0.229 e. The number of rotatable bonds is 6. The topological polar surface area (TPSA) is 33.5 Å². The van der Waals surface area contributed by atoms with Gasteiger partial charge in [-0.15, -0.1) is 6.58 Å². The van der Waals surface area contributed by atoms with E-state index in [1.807, 2.05) is 24.3 Å². The van der Waals surface area contributed by atoms with E-state index >= 15 is 0 Å². The molecule has 0 radical (unpaired) electrons. The first-order valence-electron chi connectivity index (χ1n) is 6.70. The van der Waals surface area contributed by atoms with Crippen molar-refractivity contribution in [3.8, 4) is 0 Å². The molecular weight excluding hydrogens is 270 g/mol. The van der Waals surface area contributed by atoms with Gasteiger partial charge in [-0.05, 0) is 24.3 Å². The average Bonchev–Trinajstić information content (AvgIpc) is 2.83. The molecule has 3 nitrogen and oxygen atoms in total. The summed E-state index contributed by atoms with van der Waals surface area (Å²) in [6.45, 7) is 5.73. The van der Waals surface area contributed by atoms with E-state index in [2.05, 4.69) is 13.5 Å². The molecule has 20 heavy (non-hydrogen) atoms. The Balaban J connectivity index is 2.38. The highest BCUT2D eigenvalue weighted by atomic mass is 32.2. The summed E-state index contributed by atoms with van der Waals surface area (Å²) >= 11 is 1.65. The lowest BCUT2D eigenvalue weighted by molar-refractivity contribution is -0.118. The second kappa shape index (κ2) is 6.66. The van der Waals surface area contributed by atoms with Crippen LogP contribution in [0.1, 0.15) is 19.8 Å². The second-order valence-corrected chi connectivity index (χ2v) is 5.69. The van der Waals surface area contributed by atoms with Crippen molar-refractivity contribution >= 4 is 34.3 Å². The van der Waals surface area contributed by atoms with Gasteiger partial charge in [-0.1, -0.05) is 36.9 Å². The van der Waals surface area contributed by atoms with Gasteiger partial charge in [-0.3, -0.25) is 9.69 Å². The van der Waals surface area contributed by atoms with Gasteiger partial charge in [-0.2, -0.15) is 0 Å². The third kappa shape index (κ3) is 2.90. The number of amides is 1. The quantitative estimate of drug-likeness (QED) is 0.581. The van der Waals surface area contributed by atoms with E-state index in [1.54, 1.807) is 29.8 Å². The van der Waals surface area contributed by atoms with Crippen molar-refractivity contribution in [3.05, 3.63) is 36.9 Å². The number of benzene rings is 1. The maximum atomic E-state index is 12.1. The molecule has 0 aliphatic heterocycles. The molecule has 0 atom stereocenters. The Labute approximate surface area is 123 Å². The molecule has 1 aromatic carbocycles. The molecular formula is C16H19NO2S. The fraction of sp³-hybridized carbons (Fsp3) is 0.312. The van der Waals surface area contributed by atoms with Crippen LogP contribution in [0.5, 0.6) is 0 Å². The zero-order valence-electron chi connectivity index (χ0n) is 11.9. The van der Waals surface area contributed by atoms with Crippen molar-refractivity contribution in [2.24, 2.45) is 0 Å². The maximum absolute atomic E-state index is 12.1. The van der Waals surface area contributed by atoms with Crippen LogP contribution in [0.25, 0.3) is 10.8 Å². The third-order valence-electron chi connectivity index (χ3n) is 3.08. The second-order valence-electron chi connectivity index (χ2n) is 4.45. The molecule has 2 aromatic rings. The van der Waals surface area contributed by atoms with Gasteiger partial charge in [0.25, 0.3) is 0 Å². The summed E-state index contributed by atoms with van der Waals surface area (Å²) in [5, 5.41) is 2.93. The standard InChI is InChI=1S/C16H19NO2S/c1-4-6-11-14(18)17(3)15-12-9-7-8-10-13(12)16(19-15)20-5-2/h4,7-10H,1,5-6,11H2,2-3H3. The van der Waals surface area contributed by atoms with Crippen LogP contribution in [0.15, 0.2) is 46.4 Å². The van der Waals surface area contributed by atoms with Crippen LogP contribution in [0.4, 0.5) is 5.88 Å². The lowest BCUT2D eigenvalue weighted by Gasteiger charge is -2.14. The van der Waals surface area contributed by atoms with Gasteiger partial charge in [0.05, 0.1) is 0 Å². The fourth-order valence-corrected chi connectivity index (χ4v) is 2.77. The number of nitrogens with zero attached hydrogens (tertiary/aromatic N) is 1. The van der Waals surface area contributed by atoms with Gasteiger partial charge in [0.2, 0.25) is 11.8 Å². The number of furan rings is 1. The minimum absolute atomic E-state index is 0.0393. The van der Waals surface area contributed by atoms with Crippen LogP contribution in [0, 0.1) is 0 Å². The Morgan fingerprint density at radius 3 is 2.75 bits per heavy atom. The summed E-state index contributed by atoms with van der Waals surface area (Å²) in [6, 6.07) is 7.97. The predicted octanol–water partition coefficient (Wildman–Crippen LogP) is 4.47. The Hall–Kier alpha value is -1.68. The van der Waals surface area contributed by atoms with Crippen molar-refractivity contribution < 1.29 is 9.21 Å². The van der Waals surface area contributed by atoms with E-state index in [9.17, 15) is 4.79 Å². The highest BCUT2D eigenvalue weighted by Crippen LogP contribution is 2.37. The summed E-state index contributed by atoms with van der Waals surface area (Å²) < 4.78 is 5.91. The molecule has 0 N–H and O–H groups in total. The molecule has 0 unspecified atom stereocenters. The first-order valence-corrected chi connectivity index (χ1v) is 7.69. The molecule has 4 heteroatoms. The van der Waals surface area contributed by atoms with E-state index in [-0.39, 0.29) is 5.91 Å². The molecule has 0 aliphatic rings. The van der Waals surface area contributed by atoms with Crippen molar-refractivity contribution in [2.75, 3.05) is 17.7 Å². The van der Waals surface area contributed by atoms with Crippen LogP contribution >= 0.6 is 11.8 Å². The van der Waals surface area contributed by atoms with Crippen LogP contribution < -0.4 is 4.90 Å². The number of fused-ring (bicyclic) bond motifs is 1. The van der Waals surface area contributed by atoms with E-state index < -0.39 is 0 Å². The third-order valence-corrected chi connectivity index (χ3v) is 3.94. The van der Waals surface area contributed by atoms with E-state index in [0.29, 0.717) is 18.7 Å². The average molecular weight is 289 g/mol. The first kappa shape index (κ1) is 14.7. The Kier molecular flexibility index (Phi) is 4.90. The number of hydrogen-bond acceptors (Lipinski definition) is 3. The van der Waals surface area contributed by atoms with Gasteiger partial charge in [0, 0.05) is 24.2 Å². The van der Waals surface area contributed by atoms with Crippen LogP contribution in [0.2, 0.25) is 0 Å². The monoisotopic (exact) mass is 289 g/mol. The molecule has 1 heterocycles. The largest absolute Gasteiger partial charge is 0.433 e. The highest BCUT2D eigenvalue weighted by Gasteiger charge is 2.19. The number of thioether (sulfide) groups is 1. The summed E-state index contributed by atoms with van der Waals surface area (Å²) in [7, 11) is 1.76. The van der Waals surface area contributed by atoms with Gasteiger partial charge in [-0.25, -0.2) is 0 Å². The molecule has 0 saturated carbocycles. The van der Waals surface area contributed by atoms with Crippen molar-refractivity contribution in [2.45, 2.75) is 24.9 Å². The molecule has 1 aromatic heterocycles. The minimum atomic E-state index is 0.0393. The molecule has 2 rings (SSSR count). The molecule has 0 aliphatic carbocycles. The zero-order valence-corrected chi connectivity index (χ0v) is 12.7. The van der Waals surface area contributed by atoms with Crippen LogP contribution in [0.3, 0.4) is 0 Å². The first-order chi connectivity index (χ1) is 9.69. The number of carbonyl (C=O) groups excluding carboxylic acids is 1. The van der Waals surface area contributed by atoms with Crippen LogP contribution in [-0.4, -0.2) is 18.7 Å². The van der Waals surface area contributed by atoms with Crippen molar-refractivity contribution in [3.63, 3.8) is 0 Å². The van der Waals surface area contributed by atoms with Crippen molar-refractivity contribution in [1.29, 1.82) is 0 Å². The molecule has 106 valence electrons. The molecule has 0 fully saturated rings. The zero-order chi connectivity index (χ0) is 14.5. The normalized spacial score (nSPS) is 10.7. The molecule has 1 amide bonds. The minimum Gasteiger partial charge on any atom is -0.433 e. The maximum Gasteiger partial charge on any atom is 0.229 e. The van der Waals surface area contributed by atoms with Crippen LogP contribution in [-0.2, 0) is 4.79 Å². The number of anilines is 1. The van der Waals surface area contributed by atoms with Gasteiger partial charge in [0.15, 0.2) is 5.09 Å². The molecule has 0 saturated heterocycles. The number of allylic oxidation sites excluding steroid dienone is 1. The van der Waals surface area contributed by atoms with E-state index in [1.165, 1.54) is 0 Å². The fourth-order valence-electron chi connectivity index (χ4n) is 2.04. The van der Waals surface area contributed by atoms with E-state index in [0.717, 1.165) is 21.6 Å². The Bertz CT molecular complexity index is 618. The van der Waals surface area contributed by atoms with Gasteiger partial charge in [0.1, 0.15) is 0 Å². The van der Waals surface area contributed by atoms with Crippen molar-refractivity contribution in [1.82, 2.24) is 0 Å². The SMILES string of the molecule is C=CCCC(=O)N(C)c1oc(SCC)c2ccccc12.